The lowest BCUT2D eigenvalue weighted by molar-refractivity contribution is -0.340. The van der Waals surface area contributed by atoms with Gasteiger partial charge >= 0.3 is 17.9 Å². The number of carbonyl (C=O) groups is 3. The number of benzene rings is 2. The molecule has 4 aliphatic heterocycles. The van der Waals surface area contributed by atoms with E-state index in [1.807, 2.05) is 86.7 Å². The highest BCUT2D eigenvalue weighted by atomic mass is 16.7. The first-order valence-corrected chi connectivity index (χ1v) is 23.8. The number of esters is 3. The van der Waals surface area contributed by atoms with Crippen LogP contribution in [0.25, 0.3) is 11.4 Å². The van der Waals surface area contributed by atoms with Gasteiger partial charge in [-0.15, -0.1) is 10.2 Å². The zero-order valence-electron chi connectivity index (χ0n) is 39.3. The minimum atomic E-state index is -2.00. The van der Waals surface area contributed by atoms with Crippen molar-refractivity contribution in [3.63, 3.8) is 0 Å². The molecule has 2 bridgehead atoms. The maximum atomic E-state index is 14.8. The number of aromatic nitrogens is 6. The number of nitrogens with zero attached hydrogens (tertiary/aromatic N) is 6. The summed E-state index contributed by atoms with van der Waals surface area (Å²) in [4.78, 5) is 45.1. The van der Waals surface area contributed by atoms with Crippen molar-refractivity contribution in [2.24, 2.45) is 23.7 Å². The standard InChI is InChI=1S/C52H60N6O10/c1-7-31(2)45-34(5)23-24-51(68-45)27-40-26-39(67-51)22-21-33(4)44(65-49(60)42-28-53-57(55-42)37-17-10-8-11-18-37)32(3)15-14-16-36-30-63-47-46(35(6)25-41(48(59)64-40)52(36,47)62)66-50(61)43-29-54-58(56-43)38-19-12-9-13-20-38/h8-21,25,28-29,31-32,34,39-41,44-47,62H,7,22-24,26-27,30H2,1-6H3/b15-14+,33-21+,36-16+/t31-,32-,34-,39+,40-,41-,44-,45+,46+,47+,51+,52+/m0/s1. The van der Waals surface area contributed by atoms with E-state index < -0.39 is 71.7 Å². The quantitative estimate of drug-likeness (QED) is 0.104. The number of hydrogen-bond acceptors (Lipinski definition) is 14. The van der Waals surface area contributed by atoms with Crippen LogP contribution in [0, 0.1) is 23.7 Å². The smallest absolute Gasteiger partial charge is 0.361 e. The zero-order valence-corrected chi connectivity index (χ0v) is 39.3. The van der Waals surface area contributed by atoms with Crippen molar-refractivity contribution >= 4 is 17.9 Å². The average molecular weight is 929 g/mol. The van der Waals surface area contributed by atoms with Crippen molar-refractivity contribution < 1.29 is 47.9 Å². The first-order chi connectivity index (χ1) is 32.7. The van der Waals surface area contributed by atoms with E-state index >= 15 is 0 Å². The maximum absolute atomic E-state index is 14.8. The molecular formula is C52H60N6O10. The second-order valence-corrected chi connectivity index (χ2v) is 19.1. The lowest BCUT2D eigenvalue weighted by Crippen LogP contribution is -2.59. The molecule has 5 aliphatic rings. The monoisotopic (exact) mass is 928 g/mol. The Hall–Kier alpha value is -6.07. The van der Waals surface area contributed by atoms with Crippen molar-refractivity contribution in [2.45, 2.75) is 128 Å². The summed E-state index contributed by atoms with van der Waals surface area (Å²) < 4.78 is 39.1. The van der Waals surface area contributed by atoms with E-state index in [9.17, 15) is 19.5 Å². The van der Waals surface area contributed by atoms with Gasteiger partial charge in [0.1, 0.15) is 29.8 Å². The number of fused-ring (bicyclic) bond motifs is 2. The fourth-order valence-corrected chi connectivity index (χ4v) is 10.3. The second-order valence-electron chi connectivity index (χ2n) is 19.1. The highest BCUT2D eigenvalue weighted by Gasteiger charge is 2.61. The van der Waals surface area contributed by atoms with E-state index in [1.165, 1.54) is 22.0 Å². The van der Waals surface area contributed by atoms with Crippen molar-refractivity contribution in [3.8, 4) is 11.4 Å². The van der Waals surface area contributed by atoms with E-state index in [4.69, 9.17) is 28.4 Å². The Kier molecular flexibility index (Phi) is 13.5. The van der Waals surface area contributed by atoms with Gasteiger partial charge in [0.2, 0.25) is 0 Å². The molecule has 0 amide bonds. The van der Waals surface area contributed by atoms with Crippen LogP contribution in [0.2, 0.25) is 0 Å². The van der Waals surface area contributed by atoms with E-state index in [-0.39, 0.29) is 30.0 Å². The molecule has 3 fully saturated rings. The summed E-state index contributed by atoms with van der Waals surface area (Å²) >= 11 is 0. The second kappa shape index (κ2) is 19.5. The Labute approximate surface area is 396 Å². The Bertz CT molecular complexity index is 2600. The van der Waals surface area contributed by atoms with Crippen LogP contribution in [0.1, 0.15) is 101 Å². The van der Waals surface area contributed by atoms with Crippen LogP contribution in [-0.2, 0) is 33.2 Å². The molecule has 4 aromatic rings. The van der Waals surface area contributed by atoms with Crippen LogP contribution < -0.4 is 0 Å². The van der Waals surface area contributed by atoms with Gasteiger partial charge in [-0.2, -0.15) is 19.8 Å². The van der Waals surface area contributed by atoms with Crippen LogP contribution in [0.3, 0.4) is 0 Å². The van der Waals surface area contributed by atoms with Gasteiger partial charge in [0, 0.05) is 25.2 Å². The van der Waals surface area contributed by atoms with E-state index in [0.717, 1.165) is 18.4 Å². The van der Waals surface area contributed by atoms with Crippen molar-refractivity contribution in [1.82, 2.24) is 30.0 Å². The summed E-state index contributed by atoms with van der Waals surface area (Å²) in [6.07, 6.45) is 11.0. The molecule has 1 spiro atoms. The third-order valence-corrected chi connectivity index (χ3v) is 14.3. The van der Waals surface area contributed by atoms with Crippen molar-refractivity contribution in [1.29, 1.82) is 0 Å². The summed E-state index contributed by atoms with van der Waals surface area (Å²) in [7, 11) is 0. The molecule has 358 valence electrons. The van der Waals surface area contributed by atoms with E-state index in [0.29, 0.717) is 54.1 Å². The number of carbonyl (C=O) groups excluding carboxylic acids is 3. The number of allylic oxidation sites excluding steroid dienone is 2. The van der Waals surface area contributed by atoms with Crippen molar-refractivity contribution in [3.05, 3.63) is 132 Å². The SMILES string of the molecule is CC[C@H](C)[C@H]1O[C@]2(CC[C@@H]1C)C[C@@H]1C[C@@H](C/C=C(\C)[C@@H](OC(=O)c3cnn(-c4ccccc4)n3)[C@@H](C)/C=C/C=C3\CO[C@@H]4[C@H](OC(=O)c5cnn(-c6ccccc6)n5)C(C)=C[C@@H](C(=O)O1)[C@]34O)O2. The summed E-state index contributed by atoms with van der Waals surface area (Å²) in [5.74, 6) is -4.13. The molecule has 0 unspecified atom stereocenters. The lowest BCUT2D eigenvalue weighted by atomic mass is 9.70. The first kappa shape index (κ1) is 47.0. The Morgan fingerprint density at radius 2 is 1.51 bits per heavy atom. The molecule has 0 saturated carbocycles. The Balaban J connectivity index is 1.06. The van der Waals surface area contributed by atoms with Crippen LogP contribution in [0.15, 0.2) is 120 Å². The molecule has 1 N–H and O–H groups in total. The molecule has 68 heavy (non-hydrogen) atoms. The fourth-order valence-electron chi connectivity index (χ4n) is 10.3. The third kappa shape index (κ3) is 9.38. The van der Waals surface area contributed by atoms with Crippen LogP contribution in [0.5, 0.6) is 0 Å². The molecule has 3 saturated heterocycles. The molecule has 6 heterocycles. The third-order valence-electron chi connectivity index (χ3n) is 14.3. The van der Waals surface area contributed by atoms with Gasteiger partial charge < -0.3 is 33.5 Å². The highest BCUT2D eigenvalue weighted by molar-refractivity contribution is 5.88. The van der Waals surface area contributed by atoms with Gasteiger partial charge in [-0.3, -0.25) is 4.79 Å². The predicted molar refractivity (Wildman–Crippen MR) is 247 cm³/mol. The topological polar surface area (TPSA) is 188 Å². The number of aliphatic hydroxyl groups is 1. The van der Waals surface area contributed by atoms with Gasteiger partial charge in [0.15, 0.2) is 23.3 Å². The van der Waals surface area contributed by atoms with E-state index in [1.54, 1.807) is 25.2 Å². The van der Waals surface area contributed by atoms with Gasteiger partial charge in [0.05, 0.1) is 42.6 Å². The molecule has 16 heteroatoms. The Morgan fingerprint density at radius 1 is 0.882 bits per heavy atom. The fraction of sp³-hybridized carbons (Fsp3) is 0.481. The molecule has 2 aromatic heterocycles. The minimum Gasteiger partial charge on any atom is -0.462 e. The summed E-state index contributed by atoms with van der Waals surface area (Å²) in [5.41, 5.74) is 1.01. The maximum Gasteiger partial charge on any atom is 0.361 e. The normalized spacial score (nSPS) is 34.2. The van der Waals surface area contributed by atoms with E-state index in [2.05, 4.69) is 41.2 Å². The minimum absolute atomic E-state index is 0.0443. The van der Waals surface area contributed by atoms with Gasteiger partial charge in [-0.25, -0.2) is 9.59 Å². The first-order valence-electron chi connectivity index (χ1n) is 23.8. The van der Waals surface area contributed by atoms with Crippen molar-refractivity contribution in [2.75, 3.05) is 6.61 Å². The number of para-hydroxylation sites is 2. The average Bonchev–Trinajstić information content (AvgIpc) is 4.12. The zero-order chi connectivity index (χ0) is 47.7. The summed E-state index contributed by atoms with van der Waals surface area (Å²) in [6, 6.07) is 18.4. The van der Waals surface area contributed by atoms with Gasteiger partial charge in [-0.05, 0) is 79.5 Å². The van der Waals surface area contributed by atoms with Crippen LogP contribution in [-0.4, -0.2) is 108 Å². The molecule has 1 aliphatic carbocycles. The largest absolute Gasteiger partial charge is 0.462 e. The van der Waals surface area contributed by atoms with Crippen LogP contribution >= 0.6 is 0 Å². The summed E-state index contributed by atoms with van der Waals surface area (Å²) in [6.45, 7) is 12.1. The lowest BCUT2D eigenvalue weighted by Gasteiger charge is -2.51. The van der Waals surface area contributed by atoms with Gasteiger partial charge in [-0.1, -0.05) is 101 Å². The number of ether oxygens (including phenoxy) is 6. The predicted octanol–water partition coefficient (Wildman–Crippen LogP) is 7.42. The molecular weight excluding hydrogens is 869 g/mol. The molecule has 12 atom stereocenters. The number of rotatable bonds is 8. The summed E-state index contributed by atoms with van der Waals surface area (Å²) in [5, 5.41) is 30.4. The molecule has 2 aromatic carbocycles. The Morgan fingerprint density at radius 3 is 2.15 bits per heavy atom. The molecule has 16 nitrogen and oxygen atoms in total. The van der Waals surface area contributed by atoms with Crippen LogP contribution in [0.4, 0.5) is 0 Å². The highest BCUT2D eigenvalue weighted by Crippen LogP contribution is 2.48. The van der Waals surface area contributed by atoms with Gasteiger partial charge in [0.25, 0.3) is 0 Å². The number of hydrogen-bond donors (Lipinski definition) is 1. The molecule has 0 radical (unpaired) electrons. The molecule has 9 rings (SSSR count).